The van der Waals surface area contributed by atoms with Crippen LogP contribution in [-0.4, -0.2) is 14.5 Å². The summed E-state index contributed by atoms with van der Waals surface area (Å²) < 4.78 is 2.10. The second kappa shape index (κ2) is 4.57. The predicted octanol–water partition coefficient (Wildman–Crippen LogP) is 3.22. The first-order chi connectivity index (χ1) is 8.08. The molecule has 0 aliphatic rings. The van der Waals surface area contributed by atoms with E-state index in [1.165, 1.54) is 0 Å². The van der Waals surface area contributed by atoms with E-state index < -0.39 is 0 Å². The van der Waals surface area contributed by atoms with Gasteiger partial charge in [0.2, 0.25) is 5.95 Å². The molecule has 0 saturated carbocycles. The van der Waals surface area contributed by atoms with Crippen LogP contribution in [0.4, 0.5) is 11.6 Å². The molecular weight excluding hydrogens is 212 g/mol. The molecule has 2 rings (SSSR count). The van der Waals surface area contributed by atoms with Gasteiger partial charge in [-0.05, 0) is 39.8 Å². The number of nitrogens with one attached hydrogen (secondary N) is 1. The third kappa shape index (κ3) is 2.46. The number of hydrogen-bond donors (Lipinski definition) is 1. The molecule has 90 valence electrons. The van der Waals surface area contributed by atoms with Gasteiger partial charge < -0.3 is 9.88 Å². The van der Waals surface area contributed by atoms with Gasteiger partial charge in [0.25, 0.3) is 0 Å². The van der Waals surface area contributed by atoms with E-state index in [1.54, 1.807) is 6.20 Å². The Bertz CT molecular complexity index is 514. The van der Waals surface area contributed by atoms with E-state index in [-0.39, 0.29) is 0 Å². The maximum absolute atomic E-state index is 4.43. The van der Waals surface area contributed by atoms with Crippen molar-refractivity contribution in [2.45, 2.75) is 33.7 Å². The minimum absolute atomic E-state index is 0.388. The number of anilines is 2. The van der Waals surface area contributed by atoms with Gasteiger partial charge in [0.15, 0.2) is 0 Å². The first kappa shape index (κ1) is 11.6. The highest BCUT2D eigenvalue weighted by atomic mass is 15.2. The molecule has 0 atom stereocenters. The van der Waals surface area contributed by atoms with Crippen LogP contribution in [0.1, 0.15) is 31.3 Å². The summed E-state index contributed by atoms with van der Waals surface area (Å²) in [6.45, 7) is 8.25. The third-order valence-corrected chi connectivity index (χ3v) is 2.70. The Labute approximate surface area is 102 Å². The fraction of sp³-hybridized carbons (Fsp3) is 0.385. The van der Waals surface area contributed by atoms with Crippen molar-refractivity contribution in [1.29, 1.82) is 0 Å². The molecule has 0 saturated heterocycles. The van der Waals surface area contributed by atoms with Gasteiger partial charge in [-0.25, -0.2) is 4.98 Å². The van der Waals surface area contributed by atoms with Crippen molar-refractivity contribution in [3.63, 3.8) is 0 Å². The quantitative estimate of drug-likeness (QED) is 0.880. The lowest BCUT2D eigenvalue weighted by molar-refractivity contribution is 0.607. The summed E-state index contributed by atoms with van der Waals surface area (Å²) in [5, 5.41) is 3.32. The van der Waals surface area contributed by atoms with Crippen LogP contribution in [0.3, 0.4) is 0 Å². The van der Waals surface area contributed by atoms with Gasteiger partial charge in [0, 0.05) is 24.1 Å². The zero-order valence-electron chi connectivity index (χ0n) is 10.7. The standard InChI is InChI=1S/C13H18N4/c1-9(2)17-8-7-14-13(17)16-12-6-5-10(3)15-11(12)4/h5-9H,1-4H3,(H,14,16). The van der Waals surface area contributed by atoms with E-state index in [4.69, 9.17) is 0 Å². The number of aryl methyl sites for hydroxylation is 2. The van der Waals surface area contributed by atoms with Gasteiger partial charge in [0.05, 0.1) is 11.4 Å². The van der Waals surface area contributed by atoms with Crippen molar-refractivity contribution in [3.8, 4) is 0 Å². The van der Waals surface area contributed by atoms with E-state index in [2.05, 4.69) is 33.7 Å². The van der Waals surface area contributed by atoms with Crippen LogP contribution in [0, 0.1) is 13.8 Å². The van der Waals surface area contributed by atoms with Crippen molar-refractivity contribution in [3.05, 3.63) is 35.9 Å². The summed E-state index contributed by atoms with van der Waals surface area (Å²) in [4.78, 5) is 8.75. The zero-order valence-corrected chi connectivity index (χ0v) is 10.7. The van der Waals surface area contributed by atoms with Crippen LogP contribution in [0.5, 0.6) is 0 Å². The summed E-state index contributed by atoms with van der Waals surface area (Å²) in [5.41, 5.74) is 3.02. The molecule has 0 bridgehead atoms. The van der Waals surface area contributed by atoms with E-state index in [9.17, 15) is 0 Å². The molecule has 1 N–H and O–H groups in total. The highest BCUT2D eigenvalue weighted by Gasteiger charge is 2.07. The maximum Gasteiger partial charge on any atom is 0.207 e. The molecule has 0 aliphatic carbocycles. The van der Waals surface area contributed by atoms with Crippen LogP contribution >= 0.6 is 0 Å². The van der Waals surface area contributed by atoms with Crippen molar-refractivity contribution in [1.82, 2.24) is 14.5 Å². The number of imidazole rings is 1. The molecule has 4 nitrogen and oxygen atoms in total. The van der Waals surface area contributed by atoms with Crippen molar-refractivity contribution in [2.24, 2.45) is 0 Å². The molecule has 0 fully saturated rings. The molecule has 0 amide bonds. The number of pyridine rings is 1. The van der Waals surface area contributed by atoms with E-state index in [1.807, 2.05) is 32.2 Å². The van der Waals surface area contributed by atoms with Gasteiger partial charge in [-0.3, -0.25) is 4.98 Å². The van der Waals surface area contributed by atoms with Crippen molar-refractivity contribution >= 4 is 11.6 Å². The fourth-order valence-corrected chi connectivity index (χ4v) is 1.77. The molecule has 2 heterocycles. The largest absolute Gasteiger partial charge is 0.324 e. The predicted molar refractivity (Wildman–Crippen MR) is 69.6 cm³/mol. The molecular formula is C13H18N4. The molecule has 0 spiro atoms. The highest BCUT2D eigenvalue weighted by Crippen LogP contribution is 2.20. The van der Waals surface area contributed by atoms with Gasteiger partial charge in [-0.1, -0.05) is 0 Å². The highest BCUT2D eigenvalue weighted by molar-refractivity contribution is 5.56. The monoisotopic (exact) mass is 230 g/mol. The van der Waals surface area contributed by atoms with E-state index >= 15 is 0 Å². The van der Waals surface area contributed by atoms with Gasteiger partial charge in [-0.2, -0.15) is 0 Å². The van der Waals surface area contributed by atoms with Crippen LogP contribution in [0.15, 0.2) is 24.5 Å². The smallest absolute Gasteiger partial charge is 0.207 e. The Hall–Kier alpha value is -1.84. The summed E-state index contributed by atoms with van der Waals surface area (Å²) in [7, 11) is 0. The maximum atomic E-state index is 4.43. The number of rotatable bonds is 3. The average molecular weight is 230 g/mol. The second-order valence-corrected chi connectivity index (χ2v) is 4.46. The fourth-order valence-electron chi connectivity index (χ4n) is 1.77. The topological polar surface area (TPSA) is 42.7 Å². The molecule has 17 heavy (non-hydrogen) atoms. The molecule has 2 aromatic rings. The first-order valence-corrected chi connectivity index (χ1v) is 5.82. The summed E-state index contributed by atoms with van der Waals surface area (Å²) >= 11 is 0. The van der Waals surface area contributed by atoms with Crippen molar-refractivity contribution < 1.29 is 0 Å². The molecule has 0 aromatic carbocycles. The Morgan fingerprint density at radius 3 is 2.65 bits per heavy atom. The number of hydrogen-bond acceptors (Lipinski definition) is 3. The van der Waals surface area contributed by atoms with Crippen LogP contribution < -0.4 is 5.32 Å². The lowest BCUT2D eigenvalue weighted by atomic mass is 10.3. The van der Waals surface area contributed by atoms with Crippen LogP contribution in [0.2, 0.25) is 0 Å². The van der Waals surface area contributed by atoms with E-state index in [0.717, 1.165) is 23.0 Å². The lowest BCUT2D eigenvalue weighted by Gasteiger charge is -2.14. The zero-order chi connectivity index (χ0) is 12.4. The Morgan fingerprint density at radius 2 is 2.00 bits per heavy atom. The minimum Gasteiger partial charge on any atom is -0.324 e. The first-order valence-electron chi connectivity index (χ1n) is 5.82. The second-order valence-electron chi connectivity index (χ2n) is 4.46. The van der Waals surface area contributed by atoms with Gasteiger partial charge in [-0.15, -0.1) is 0 Å². The summed E-state index contributed by atoms with van der Waals surface area (Å²) in [6.07, 6.45) is 3.78. The molecule has 0 radical (unpaired) electrons. The number of nitrogens with zero attached hydrogens (tertiary/aromatic N) is 3. The Balaban J connectivity index is 2.28. The minimum atomic E-state index is 0.388. The summed E-state index contributed by atoms with van der Waals surface area (Å²) in [6, 6.07) is 4.42. The molecule has 4 heteroatoms. The average Bonchev–Trinajstić information content (AvgIpc) is 2.70. The Morgan fingerprint density at radius 1 is 1.24 bits per heavy atom. The third-order valence-electron chi connectivity index (χ3n) is 2.70. The van der Waals surface area contributed by atoms with Crippen LogP contribution in [-0.2, 0) is 0 Å². The lowest BCUT2D eigenvalue weighted by Crippen LogP contribution is -2.06. The van der Waals surface area contributed by atoms with Crippen molar-refractivity contribution in [2.75, 3.05) is 5.32 Å². The molecule has 2 aromatic heterocycles. The Kier molecular flexibility index (Phi) is 3.13. The summed E-state index contributed by atoms with van der Waals surface area (Å²) in [5.74, 6) is 0.855. The van der Waals surface area contributed by atoms with Gasteiger partial charge >= 0.3 is 0 Å². The molecule has 0 aliphatic heterocycles. The SMILES string of the molecule is Cc1ccc(Nc2nccn2C(C)C)c(C)n1. The normalized spacial score (nSPS) is 10.9. The van der Waals surface area contributed by atoms with Crippen LogP contribution in [0.25, 0.3) is 0 Å². The molecule has 0 unspecified atom stereocenters. The van der Waals surface area contributed by atoms with E-state index in [0.29, 0.717) is 6.04 Å². The van der Waals surface area contributed by atoms with Gasteiger partial charge in [0.1, 0.15) is 0 Å². The number of aromatic nitrogens is 3.